The first-order chi connectivity index (χ1) is 9.88. The fourth-order valence-corrected chi connectivity index (χ4v) is 1.70. The molecule has 0 saturated carbocycles. The number of aliphatic hydroxyl groups is 5. The van der Waals surface area contributed by atoms with Crippen LogP contribution in [0.5, 0.6) is 0 Å². The molecular weight excluding hydrogens is 280 g/mol. The van der Waals surface area contributed by atoms with Crippen molar-refractivity contribution in [2.24, 2.45) is 0 Å². The molecule has 5 N–H and O–H groups in total. The van der Waals surface area contributed by atoms with Gasteiger partial charge >= 0.3 is 5.97 Å². The summed E-state index contributed by atoms with van der Waals surface area (Å²) >= 11 is 0. The molecule has 4 atom stereocenters. The number of hydrogen-bond acceptors (Lipinski definition) is 7. The highest BCUT2D eigenvalue weighted by Gasteiger charge is 2.30. The van der Waals surface area contributed by atoms with Crippen molar-refractivity contribution < 1.29 is 35.1 Å². The minimum absolute atomic E-state index is 0.329. The van der Waals surface area contributed by atoms with Gasteiger partial charge in [-0.1, -0.05) is 18.2 Å². The molecule has 0 amide bonds. The molecule has 0 aliphatic carbocycles. The topological polar surface area (TPSA) is 127 Å². The minimum Gasteiger partial charge on any atom is -0.459 e. The Morgan fingerprint density at radius 2 is 1.67 bits per heavy atom. The Labute approximate surface area is 122 Å². The van der Waals surface area contributed by atoms with Crippen molar-refractivity contribution in [2.75, 3.05) is 13.2 Å². The molecule has 0 saturated heterocycles. The molecule has 118 valence electrons. The maximum Gasteiger partial charge on any atom is 0.338 e. The molecule has 0 spiro atoms. The van der Waals surface area contributed by atoms with Gasteiger partial charge in [-0.2, -0.15) is 0 Å². The van der Waals surface area contributed by atoms with Crippen molar-refractivity contribution in [1.29, 1.82) is 0 Å². The van der Waals surface area contributed by atoms with Crippen molar-refractivity contribution in [2.45, 2.75) is 31.3 Å². The second kappa shape index (κ2) is 8.06. The van der Waals surface area contributed by atoms with Crippen molar-refractivity contribution in [3.05, 3.63) is 35.4 Å². The molecule has 7 heteroatoms. The molecule has 0 aliphatic rings. The SMILES string of the molecule is Cc1ccccc1C(=O)OC[C@@H](O)[C@@H](O)[C@H](O)[C@@H](O)CO. The van der Waals surface area contributed by atoms with E-state index in [1.165, 1.54) is 0 Å². The normalized spacial score (nSPS) is 16.9. The van der Waals surface area contributed by atoms with E-state index in [0.717, 1.165) is 0 Å². The van der Waals surface area contributed by atoms with Gasteiger partial charge < -0.3 is 30.3 Å². The van der Waals surface area contributed by atoms with Crippen LogP contribution in [0.15, 0.2) is 24.3 Å². The zero-order chi connectivity index (χ0) is 16.0. The third-order valence-corrected chi connectivity index (χ3v) is 3.08. The summed E-state index contributed by atoms with van der Waals surface area (Å²) in [7, 11) is 0. The predicted octanol–water partition coefficient (Wildman–Crippen LogP) is -1.41. The number of esters is 1. The van der Waals surface area contributed by atoms with Gasteiger partial charge in [-0.15, -0.1) is 0 Å². The molecule has 21 heavy (non-hydrogen) atoms. The number of hydrogen-bond donors (Lipinski definition) is 5. The van der Waals surface area contributed by atoms with Crippen LogP contribution in [0, 0.1) is 6.92 Å². The molecule has 1 aromatic rings. The van der Waals surface area contributed by atoms with Gasteiger partial charge in [0.25, 0.3) is 0 Å². The summed E-state index contributed by atoms with van der Waals surface area (Å²) in [5.41, 5.74) is 1.03. The van der Waals surface area contributed by atoms with E-state index in [-0.39, 0.29) is 0 Å². The third kappa shape index (κ3) is 4.76. The molecule has 1 aromatic carbocycles. The summed E-state index contributed by atoms with van der Waals surface area (Å²) in [6, 6.07) is 6.71. The smallest absolute Gasteiger partial charge is 0.338 e. The third-order valence-electron chi connectivity index (χ3n) is 3.08. The van der Waals surface area contributed by atoms with Gasteiger partial charge in [0, 0.05) is 0 Å². The summed E-state index contributed by atoms with van der Waals surface area (Å²) in [6.07, 6.45) is -6.69. The summed E-state index contributed by atoms with van der Waals surface area (Å²) < 4.78 is 4.85. The molecule has 7 nitrogen and oxygen atoms in total. The Morgan fingerprint density at radius 3 is 2.24 bits per heavy atom. The molecule has 0 heterocycles. The van der Waals surface area contributed by atoms with Gasteiger partial charge in [-0.3, -0.25) is 0 Å². The lowest BCUT2D eigenvalue weighted by Crippen LogP contribution is -2.47. The molecule has 1 rings (SSSR count). The highest BCUT2D eigenvalue weighted by Crippen LogP contribution is 2.10. The fraction of sp³-hybridized carbons (Fsp3) is 0.500. The highest BCUT2D eigenvalue weighted by atomic mass is 16.5. The van der Waals surface area contributed by atoms with E-state index in [9.17, 15) is 20.1 Å². The van der Waals surface area contributed by atoms with E-state index in [1.807, 2.05) is 0 Å². The van der Waals surface area contributed by atoms with E-state index >= 15 is 0 Å². The maximum atomic E-state index is 11.8. The maximum absolute atomic E-state index is 11.8. The number of carbonyl (C=O) groups excluding carboxylic acids is 1. The first-order valence-corrected chi connectivity index (χ1v) is 6.44. The van der Waals surface area contributed by atoms with Gasteiger partial charge in [0.2, 0.25) is 0 Å². The number of aliphatic hydroxyl groups excluding tert-OH is 5. The number of benzene rings is 1. The van der Waals surface area contributed by atoms with Gasteiger partial charge in [0.1, 0.15) is 31.0 Å². The Kier molecular flexibility index (Phi) is 6.73. The van der Waals surface area contributed by atoms with Crippen molar-refractivity contribution in [3.63, 3.8) is 0 Å². The Bertz CT molecular complexity index is 462. The lowest BCUT2D eigenvalue weighted by molar-refractivity contribution is -0.124. The number of carbonyl (C=O) groups is 1. The lowest BCUT2D eigenvalue weighted by Gasteiger charge is -2.25. The van der Waals surface area contributed by atoms with Crippen LogP contribution < -0.4 is 0 Å². The van der Waals surface area contributed by atoms with Crippen LogP contribution in [0.4, 0.5) is 0 Å². The summed E-state index contributed by atoms with van der Waals surface area (Å²) in [6.45, 7) is 0.403. The van der Waals surface area contributed by atoms with Crippen LogP contribution in [0.25, 0.3) is 0 Å². The molecule has 0 radical (unpaired) electrons. The first-order valence-electron chi connectivity index (χ1n) is 6.44. The van der Waals surface area contributed by atoms with Crippen molar-refractivity contribution >= 4 is 5.97 Å². The molecule has 0 bridgehead atoms. The molecule has 0 unspecified atom stereocenters. The van der Waals surface area contributed by atoms with Crippen LogP contribution in [0.3, 0.4) is 0 Å². The van der Waals surface area contributed by atoms with Gasteiger partial charge in [0.15, 0.2) is 0 Å². The average molecular weight is 300 g/mol. The van der Waals surface area contributed by atoms with E-state index in [0.29, 0.717) is 11.1 Å². The second-order valence-electron chi connectivity index (χ2n) is 4.71. The summed E-state index contributed by atoms with van der Waals surface area (Å²) in [5.74, 6) is -0.670. The van der Waals surface area contributed by atoms with E-state index in [2.05, 4.69) is 0 Å². The zero-order valence-corrected chi connectivity index (χ0v) is 11.6. The average Bonchev–Trinajstić information content (AvgIpc) is 2.50. The lowest BCUT2D eigenvalue weighted by atomic mass is 10.0. The highest BCUT2D eigenvalue weighted by molar-refractivity contribution is 5.90. The second-order valence-corrected chi connectivity index (χ2v) is 4.71. The van der Waals surface area contributed by atoms with Gasteiger partial charge in [0.05, 0.1) is 12.2 Å². The van der Waals surface area contributed by atoms with Crippen LogP contribution in [-0.4, -0.2) is 69.1 Å². The van der Waals surface area contributed by atoms with E-state index < -0.39 is 43.6 Å². The monoisotopic (exact) mass is 300 g/mol. The summed E-state index contributed by atoms with van der Waals surface area (Å²) in [5, 5.41) is 46.4. The van der Waals surface area contributed by atoms with Crippen LogP contribution in [0.1, 0.15) is 15.9 Å². The fourth-order valence-electron chi connectivity index (χ4n) is 1.70. The van der Waals surface area contributed by atoms with Crippen LogP contribution >= 0.6 is 0 Å². The Morgan fingerprint density at radius 1 is 1.10 bits per heavy atom. The summed E-state index contributed by atoms with van der Waals surface area (Å²) in [4.78, 5) is 11.8. The van der Waals surface area contributed by atoms with E-state index in [4.69, 9.17) is 14.9 Å². The number of aryl methyl sites for hydroxylation is 1. The first kappa shape index (κ1) is 17.5. The number of ether oxygens (including phenoxy) is 1. The Balaban J connectivity index is 2.55. The van der Waals surface area contributed by atoms with Gasteiger partial charge in [-0.25, -0.2) is 4.79 Å². The molecule has 0 fully saturated rings. The largest absolute Gasteiger partial charge is 0.459 e. The van der Waals surface area contributed by atoms with Crippen LogP contribution in [0.2, 0.25) is 0 Å². The van der Waals surface area contributed by atoms with Crippen molar-refractivity contribution in [1.82, 2.24) is 0 Å². The predicted molar refractivity (Wildman–Crippen MR) is 72.6 cm³/mol. The zero-order valence-electron chi connectivity index (χ0n) is 11.6. The van der Waals surface area contributed by atoms with Crippen LogP contribution in [-0.2, 0) is 4.74 Å². The molecule has 0 aromatic heterocycles. The Hall–Kier alpha value is -1.51. The molecule has 0 aliphatic heterocycles. The van der Waals surface area contributed by atoms with Gasteiger partial charge in [-0.05, 0) is 18.6 Å². The molecular formula is C14H20O7. The van der Waals surface area contributed by atoms with E-state index in [1.54, 1.807) is 31.2 Å². The number of rotatable bonds is 7. The quantitative estimate of drug-likeness (QED) is 0.391. The standard InChI is InChI=1S/C14H20O7/c1-8-4-2-3-5-9(8)14(20)21-7-11(17)13(19)12(18)10(16)6-15/h2-5,10-13,15-19H,6-7H2,1H3/t10-,11+,12+,13+/m0/s1. The van der Waals surface area contributed by atoms with Crippen molar-refractivity contribution in [3.8, 4) is 0 Å². The minimum atomic E-state index is -1.75.